The smallest absolute Gasteiger partial charge is 0.227 e. The van der Waals surface area contributed by atoms with E-state index in [0.717, 1.165) is 38.4 Å². The van der Waals surface area contributed by atoms with Crippen molar-refractivity contribution in [2.24, 2.45) is 0 Å². The molecule has 0 amide bonds. The molecule has 200 valence electrons. The van der Waals surface area contributed by atoms with Gasteiger partial charge in [-0.05, 0) is 62.6 Å². The highest BCUT2D eigenvalue weighted by molar-refractivity contribution is 6.11. The van der Waals surface area contributed by atoms with Gasteiger partial charge in [-0.15, -0.1) is 0 Å². The summed E-state index contributed by atoms with van der Waals surface area (Å²) in [5.41, 5.74) is 4.08. The first kappa shape index (κ1) is 23.7. The van der Waals surface area contributed by atoms with Crippen molar-refractivity contribution in [2.75, 3.05) is 0 Å². The maximum atomic E-state index is 6.10. The number of fused-ring (bicyclic) bond motifs is 7. The Balaban J connectivity index is 1.32. The lowest BCUT2D eigenvalue weighted by molar-refractivity contribution is 0.654. The van der Waals surface area contributed by atoms with Gasteiger partial charge in [0.15, 0.2) is 17.5 Å². The number of nitrogens with zero attached hydrogens (tertiary/aromatic N) is 4. The van der Waals surface area contributed by atoms with E-state index in [-0.39, 0.29) is 0 Å². The van der Waals surface area contributed by atoms with E-state index in [2.05, 4.69) is 102 Å². The fourth-order valence-corrected chi connectivity index (χ4v) is 6.07. The Bertz CT molecular complexity index is 2530. The Kier molecular flexibility index (Phi) is 5.13. The Hall–Kier alpha value is -5.94. The number of furan rings is 1. The highest BCUT2D eigenvalue weighted by Gasteiger charge is 2.18. The molecule has 0 N–H and O–H groups in total. The van der Waals surface area contributed by atoms with Gasteiger partial charge in [0.1, 0.15) is 5.58 Å². The standard InChI is InChI=1S/C38H22N4O/c1-2-9-26-21-27(18-14-23(26)7-1)35-40-36(28-19-17-25-16-15-24-8-3-4-10-29(24)32(25)22-28)42-37(41-35)30-11-5-13-33-34(30)31-12-6-20-39-38(31)43-33/h1-22H. The molecule has 0 aliphatic rings. The summed E-state index contributed by atoms with van der Waals surface area (Å²) in [7, 11) is 0. The third-order valence-electron chi connectivity index (χ3n) is 8.16. The second-order valence-electron chi connectivity index (χ2n) is 10.7. The summed E-state index contributed by atoms with van der Waals surface area (Å²) in [6.07, 6.45) is 1.74. The lowest BCUT2D eigenvalue weighted by Crippen LogP contribution is -2.00. The van der Waals surface area contributed by atoms with E-state index in [1.807, 2.05) is 30.3 Å². The van der Waals surface area contributed by atoms with Crippen LogP contribution in [-0.4, -0.2) is 19.9 Å². The van der Waals surface area contributed by atoms with Crippen LogP contribution in [0.4, 0.5) is 0 Å². The molecule has 9 aromatic rings. The minimum absolute atomic E-state index is 0.586. The predicted molar refractivity (Wildman–Crippen MR) is 174 cm³/mol. The second-order valence-corrected chi connectivity index (χ2v) is 10.7. The molecule has 0 spiro atoms. The third-order valence-corrected chi connectivity index (χ3v) is 8.16. The Labute approximate surface area is 246 Å². The number of aromatic nitrogens is 4. The largest absolute Gasteiger partial charge is 0.438 e. The Morgan fingerprint density at radius 3 is 1.95 bits per heavy atom. The molecule has 5 nitrogen and oxygen atoms in total. The lowest BCUT2D eigenvalue weighted by Gasteiger charge is -2.11. The first-order valence-corrected chi connectivity index (χ1v) is 14.2. The molecule has 0 aliphatic carbocycles. The molecule has 5 heteroatoms. The van der Waals surface area contributed by atoms with Gasteiger partial charge in [0.05, 0.1) is 0 Å². The minimum Gasteiger partial charge on any atom is -0.438 e. The molecule has 0 aliphatic heterocycles. The molecule has 3 aromatic heterocycles. The van der Waals surface area contributed by atoms with E-state index in [9.17, 15) is 0 Å². The highest BCUT2D eigenvalue weighted by Crippen LogP contribution is 2.36. The molecule has 0 saturated heterocycles. The topological polar surface area (TPSA) is 64.7 Å². The van der Waals surface area contributed by atoms with Crippen LogP contribution in [0.2, 0.25) is 0 Å². The van der Waals surface area contributed by atoms with Crippen molar-refractivity contribution in [1.82, 2.24) is 19.9 Å². The van der Waals surface area contributed by atoms with E-state index >= 15 is 0 Å². The maximum absolute atomic E-state index is 6.10. The van der Waals surface area contributed by atoms with Crippen LogP contribution in [0.5, 0.6) is 0 Å². The third kappa shape index (κ3) is 3.86. The normalized spacial score (nSPS) is 11.7. The molecule has 43 heavy (non-hydrogen) atoms. The van der Waals surface area contributed by atoms with Crippen molar-refractivity contribution in [3.63, 3.8) is 0 Å². The van der Waals surface area contributed by atoms with Gasteiger partial charge in [-0.25, -0.2) is 19.9 Å². The Morgan fingerprint density at radius 2 is 1.09 bits per heavy atom. The van der Waals surface area contributed by atoms with Crippen molar-refractivity contribution in [2.45, 2.75) is 0 Å². The average molecular weight is 551 g/mol. The van der Waals surface area contributed by atoms with Gasteiger partial charge in [0, 0.05) is 33.7 Å². The van der Waals surface area contributed by atoms with Crippen LogP contribution >= 0.6 is 0 Å². The summed E-state index contributed by atoms with van der Waals surface area (Å²) >= 11 is 0. The van der Waals surface area contributed by atoms with Crippen LogP contribution in [-0.2, 0) is 0 Å². The monoisotopic (exact) mass is 550 g/mol. The number of pyridine rings is 1. The van der Waals surface area contributed by atoms with E-state index in [4.69, 9.17) is 19.4 Å². The van der Waals surface area contributed by atoms with E-state index in [1.165, 1.54) is 26.9 Å². The zero-order valence-electron chi connectivity index (χ0n) is 22.9. The lowest BCUT2D eigenvalue weighted by atomic mass is 9.99. The van der Waals surface area contributed by atoms with Gasteiger partial charge >= 0.3 is 0 Å². The van der Waals surface area contributed by atoms with Gasteiger partial charge in [0.2, 0.25) is 5.71 Å². The van der Waals surface area contributed by atoms with Crippen molar-refractivity contribution < 1.29 is 4.42 Å². The SMILES string of the molecule is c1ccc2cc(-c3nc(-c4ccc5ccc6ccccc6c5c4)nc(-c4cccc5oc6ncccc6c45)n3)ccc2c1. The van der Waals surface area contributed by atoms with Crippen LogP contribution < -0.4 is 0 Å². The quantitative estimate of drug-likeness (QED) is 0.205. The molecule has 0 radical (unpaired) electrons. The zero-order chi connectivity index (χ0) is 28.3. The van der Waals surface area contributed by atoms with Gasteiger partial charge in [-0.2, -0.15) is 0 Å². The van der Waals surface area contributed by atoms with Crippen molar-refractivity contribution in [3.05, 3.63) is 134 Å². The number of hydrogen-bond donors (Lipinski definition) is 0. The van der Waals surface area contributed by atoms with Crippen molar-refractivity contribution in [1.29, 1.82) is 0 Å². The van der Waals surface area contributed by atoms with Crippen LogP contribution in [0.1, 0.15) is 0 Å². The van der Waals surface area contributed by atoms with Crippen LogP contribution in [0.15, 0.2) is 138 Å². The zero-order valence-corrected chi connectivity index (χ0v) is 22.9. The Morgan fingerprint density at radius 1 is 0.442 bits per heavy atom. The number of benzene rings is 6. The molecule has 3 heterocycles. The van der Waals surface area contributed by atoms with Crippen LogP contribution in [0, 0.1) is 0 Å². The number of rotatable bonds is 3. The first-order chi connectivity index (χ1) is 21.3. The summed E-state index contributed by atoms with van der Waals surface area (Å²) < 4.78 is 6.10. The summed E-state index contributed by atoms with van der Waals surface area (Å²) in [6.45, 7) is 0. The van der Waals surface area contributed by atoms with E-state index in [1.54, 1.807) is 6.20 Å². The van der Waals surface area contributed by atoms with Crippen molar-refractivity contribution in [3.8, 4) is 34.2 Å². The molecule has 0 bridgehead atoms. The maximum Gasteiger partial charge on any atom is 0.227 e. The molecular formula is C38H22N4O. The van der Waals surface area contributed by atoms with Gasteiger partial charge in [-0.1, -0.05) is 97.1 Å². The summed E-state index contributed by atoms with van der Waals surface area (Å²) in [5, 5.41) is 8.92. The summed E-state index contributed by atoms with van der Waals surface area (Å²) in [6, 6.07) is 43.8. The molecular weight excluding hydrogens is 528 g/mol. The van der Waals surface area contributed by atoms with Crippen molar-refractivity contribution >= 4 is 54.4 Å². The highest BCUT2D eigenvalue weighted by atomic mass is 16.3. The summed E-state index contributed by atoms with van der Waals surface area (Å²) in [4.78, 5) is 19.7. The van der Waals surface area contributed by atoms with Crippen LogP contribution in [0.25, 0.3) is 88.5 Å². The summed E-state index contributed by atoms with van der Waals surface area (Å²) in [5.74, 6) is 1.82. The van der Waals surface area contributed by atoms with Gasteiger partial charge < -0.3 is 4.42 Å². The van der Waals surface area contributed by atoms with Crippen LogP contribution in [0.3, 0.4) is 0 Å². The van der Waals surface area contributed by atoms with Gasteiger partial charge in [0.25, 0.3) is 0 Å². The molecule has 0 fully saturated rings. The van der Waals surface area contributed by atoms with E-state index < -0.39 is 0 Å². The first-order valence-electron chi connectivity index (χ1n) is 14.2. The fraction of sp³-hybridized carbons (Fsp3) is 0. The minimum atomic E-state index is 0.586. The second kappa shape index (κ2) is 9.29. The molecule has 0 atom stereocenters. The van der Waals surface area contributed by atoms with Gasteiger partial charge in [-0.3, -0.25) is 0 Å². The predicted octanol–water partition coefficient (Wildman–Crippen LogP) is 9.63. The fourth-order valence-electron chi connectivity index (χ4n) is 6.07. The molecule has 0 saturated carbocycles. The van der Waals surface area contributed by atoms with E-state index in [0.29, 0.717) is 23.2 Å². The number of hydrogen-bond acceptors (Lipinski definition) is 5. The molecule has 9 rings (SSSR count). The average Bonchev–Trinajstić information content (AvgIpc) is 3.46. The molecule has 0 unspecified atom stereocenters. The molecule has 6 aromatic carbocycles.